The molecule has 0 fully saturated rings. The lowest BCUT2D eigenvalue weighted by Crippen LogP contribution is -2.35. The zero-order chi connectivity index (χ0) is 13.1. The lowest BCUT2D eigenvalue weighted by atomic mass is 10.1. The smallest absolute Gasteiger partial charge is 0.405 e. The standard InChI is InChI=1S/C10H8F4O3/c11-6-1-3-7(4-2-6)17-5-8(9(15)16)10(12,13)14/h1-4,8H,5H2,(H,15,16). The molecule has 0 bridgehead atoms. The Balaban J connectivity index is 2.65. The van der Waals surface area contributed by atoms with Crippen molar-refractivity contribution in [3.63, 3.8) is 0 Å². The molecule has 0 aliphatic heterocycles. The van der Waals surface area contributed by atoms with Gasteiger partial charge in [-0.05, 0) is 24.3 Å². The van der Waals surface area contributed by atoms with E-state index in [1.165, 1.54) is 0 Å². The molecule has 94 valence electrons. The molecule has 0 saturated carbocycles. The second-order valence-electron chi connectivity index (χ2n) is 3.20. The largest absolute Gasteiger partial charge is 0.492 e. The Morgan fingerprint density at radius 3 is 2.24 bits per heavy atom. The van der Waals surface area contributed by atoms with E-state index in [1.807, 2.05) is 0 Å². The Bertz CT molecular complexity index is 386. The molecule has 7 heteroatoms. The first-order valence-corrected chi connectivity index (χ1v) is 4.48. The fraction of sp³-hybridized carbons (Fsp3) is 0.300. The lowest BCUT2D eigenvalue weighted by Gasteiger charge is -2.16. The van der Waals surface area contributed by atoms with Crippen molar-refractivity contribution in [1.82, 2.24) is 0 Å². The summed E-state index contributed by atoms with van der Waals surface area (Å²) in [4.78, 5) is 10.4. The van der Waals surface area contributed by atoms with Crippen LogP contribution in [-0.4, -0.2) is 23.9 Å². The van der Waals surface area contributed by atoms with Gasteiger partial charge in [0.2, 0.25) is 0 Å². The third kappa shape index (κ3) is 3.93. The summed E-state index contributed by atoms with van der Waals surface area (Å²) in [6, 6.07) is 4.23. The number of ether oxygens (including phenoxy) is 1. The Hall–Kier alpha value is -1.79. The van der Waals surface area contributed by atoms with E-state index in [0.717, 1.165) is 24.3 Å². The first-order chi connectivity index (χ1) is 7.80. The fourth-order valence-electron chi connectivity index (χ4n) is 1.02. The van der Waals surface area contributed by atoms with Crippen LogP contribution in [0.25, 0.3) is 0 Å². The van der Waals surface area contributed by atoms with Crippen molar-refractivity contribution in [1.29, 1.82) is 0 Å². The Labute approximate surface area is 93.6 Å². The minimum atomic E-state index is -4.88. The number of carbonyl (C=O) groups is 1. The summed E-state index contributed by atoms with van der Waals surface area (Å²) < 4.78 is 53.8. The second-order valence-corrected chi connectivity index (χ2v) is 3.20. The summed E-state index contributed by atoms with van der Waals surface area (Å²) in [5.41, 5.74) is 0. The molecule has 1 rings (SSSR count). The minimum Gasteiger partial charge on any atom is -0.492 e. The summed E-state index contributed by atoms with van der Waals surface area (Å²) in [5, 5.41) is 8.37. The molecule has 0 amide bonds. The van der Waals surface area contributed by atoms with Crippen molar-refractivity contribution in [3.8, 4) is 5.75 Å². The van der Waals surface area contributed by atoms with Gasteiger partial charge in [0, 0.05) is 0 Å². The third-order valence-corrected chi connectivity index (χ3v) is 1.92. The van der Waals surface area contributed by atoms with Crippen molar-refractivity contribution in [2.45, 2.75) is 6.18 Å². The molecule has 0 spiro atoms. The van der Waals surface area contributed by atoms with Crippen LogP contribution in [0.1, 0.15) is 0 Å². The highest BCUT2D eigenvalue weighted by molar-refractivity contribution is 5.71. The van der Waals surface area contributed by atoms with E-state index in [-0.39, 0.29) is 5.75 Å². The van der Waals surface area contributed by atoms with Crippen LogP contribution < -0.4 is 4.74 Å². The maximum atomic E-state index is 12.5. The van der Waals surface area contributed by atoms with Crippen LogP contribution in [0.15, 0.2) is 24.3 Å². The predicted octanol–water partition coefficient (Wildman–Crippen LogP) is 2.47. The van der Waals surface area contributed by atoms with E-state index in [4.69, 9.17) is 5.11 Å². The minimum absolute atomic E-state index is 0.0260. The summed E-state index contributed by atoms with van der Waals surface area (Å²) >= 11 is 0. The number of halogens is 4. The zero-order valence-corrected chi connectivity index (χ0v) is 8.37. The topological polar surface area (TPSA) is 46.5 Å². The molecule has 1 aromatic rings. The average Bonchev–Trinajstić information content (AvgIpc) is 2.18. The molecule has 0 radical (unpaired) electrons. The number of benzene rings is 1. The Kier molecular flexibility index (Phi) is 3.93. The number of aliphatic carboxylic acids is 1. The molecule has 1 N–H and O–H groups in total. The quantitative estimate of drug-likeness (QED) is 0.837. The van der Waals surface area contributed by atoms with Gasteiger partial charge in [-0.25, -0.2) is 4.39 Å². The van der Waals surface area contributed by atoms with Crippen LogP contribution in [0.4, 0.5) is 17.6 Å². The van der Waals surface area contributed by atoms with Crippen molar-refractivity contribution in [2.24, 2.45) is 5.92 Å². The van der Waals surface area contributed by atoms with Crippen LogP contribution in [0.2, 0.25) is 0 Å². The highest BCUT2D eigenvalue weighted by Gasteiger charge is 2.45. The first-order valence-electron chi connectivity index (χ1n) is 4.48. The highest BCUT2D eigenvalue weighted by atomic mass is 19.4. The van der Waals surface area contributed by atoms with Gasteiger partial charge in [-0.2, -0.15) is 13.2 Å². The van der Waals surface area contributed by atoms with Crippen LogP contribution >= 0.6 is 0 Å². The second kappa shape index (κ2) is 5.03. The number of carboxylic acid groups (broad SMARTS) is 1. The number of rotatable bonds is 4. The number of alkyl halides is 3. The molecule has 1 unspecified atom stereocenters. The summed E-state index contributed by atoms with van der Waals surface area (Å²) in [7, 11) is 0. The van der Waals surface area contributed by atoms with Gasteiger partial charge >= 0.3 is 12.1 Å². The molecule has 0 saturated heterocycles. The van der Waals surface area contributed by atoms with Crippen molar-refractivity contribution in [2.75, 3.05) is 6.61 Å². The van der Waals surface area contributed by atoms with Crippen LogP contribution in [0, 0.1) is 11.7 Å². The fourth-order valence-corrected chi connectivity index (χ4v) is 1.02. The predicted molar refractivity (Wildman–Crippen MR) is 49.1 cm³/mol. The van der Waals surface area contributed by atoms with Crippen LogP contribution in [0.5, 0.6) is 5.75 Å². The van der Waals surface area contributed by atoms with Crippen molar-refractivity contribution >= 4 is 5.97 Å². The first kappa shape index (κ1) is 13.3. The van der Waals surface area contributed by atoms with Crippen LogP contribution in [-0.2, 0) is 4.79 Å². The number of hydrogen-bond acceptors (Lipinski definition) is 2. The molecule has 3 nitrogen and oxygen atoms in total. The van der Waals surface area contributed by atoms with Crippen molar-refractivity contribution in [3.05, 3.63) is 30.1 Å². The van der Waals surface area contributed by atoms with E-state index in [2.05, 4.69) is 4.74 Å². The van der Waals surface area contributed by atoms with E-state index in [1.54, 1.807) is 0 Å². The molecule has 17 heavy (non-hydrogen) atoms. The molecular weight excluding hydrogens is 244 g/mol. The maximum Gasteiger partial charge on any atom is 0.405 e. The summed E-state index contributed by atoms with van der Waals surface area (Å²) in [6.07, 6.45) is -4.88. The van der Waals surface area contributed by atoms with Gasteiger partial charge in [0.15, 0.2) is 5.92 Å². The van der Waals surface area contributed by atoms with E-state index in [9.17, 15) is 22.4 Å². The Morgan fingerprint density at radius 2 is 1.82 bits per heavy atom. The molecule has 1 atom stereocenters. The molecule has 0 aliphatic carbocycles. The average molecular weight is 252 g/mol. The van der Waals surface area contributed by atoms with Gasteiger partial charge in [0.25, 0.3) is 0 Å². The number of carboxylic acids is 1. The molecule has 0 aliphatic rings. The third-order valence-electron chi connectivity index (χ3n) is 1.92. The van der Waals surface area contributed by atoms with E-state index in [0.29, 0.717) is 0 Å². The van der Waals surface area contributed by atoms with E-state index < -0.39 is 30.5 Å². The van der Waals surface area contributed by atoms with Gasteiger partial charge in [0.1, 0.15) is 18.2 Å². The maximum absolute atomic E-state index is 12.5. The number of hydrogen-bond donors (Lipinski definition) is 1. The SMILES string of the molecule is O=C(O)C(COc1ccc(F)cc1)C(F)(F)F. The highest BCUT2D eigenvalue weighted by Crippen LogP contribution is 2.27. The summed E-state index contributed by atoms with van der Waals surface area (Å²) in [6.45, 7) is -1.05. The van der Waals surface area contributed by atoms with Gasteiger partial charge in [-0.15, -0.1) is 0 Å². The summed E-state index contributed by atoms with van der Waals surface area (Å²) in [5.74, 6) is -5.21. The molecule has 0 heterocycles. The normalized spacial score (nSPS) is 13.2. The van der Waals surface area contributed by atoms with Gasteiger partial charge in [-0.3, -0.25) is 4.79 Å². The van der Waals surface area contributed by atoms with Crippen molar-refractivity contribution < 1.29 is 32.2 Å². The lowest BCUT2D eigenvalue weighted by molar-refractivity contribution is -0.198. The molecule has 0 aromatic heterocycles. The van der Waals surface area contributed by atoms with Gasteiger partial charge in [0.05, 0.1) is 0 Å². The molecular formula is C10H8F4O3. The van der Waals surface area contributed by atoms with Crippen LogP contribution in [0.3, 0.4) is 0 Å². The zero-order valence-electron chi connectivity index (χ0n) is 8.37. The van der Waals surface area contributed by atoms with Gasteiger partial charge in [-0.1, -0.05) is 0 Å². The molecule has 1 aromatic carbocycles. The van der Waals surface area contributed by atoms with E-state index >= 15 is 0 Å². The monoisotopic (exact) mass is 252 g/mol. The van der Waals surface area contributed by atoms with Gasteiger partial charge < -0.3 is 9.84 Å². The Morgan fingerprint density at radius 1 is 1.29 bits per heavy atom.